The van der Waals surface area contributed by atoms with Crippen LogP contribution in [0.2, 0.25) is 5.02 Å². The summed E-state index contributed by atoms with van der Waals surface area (Å²) in [6.45, 7) is 0. The first kappa shape index (κ1) is 11.6. The van der Waals surface area contributed by atoms with Gasteiger partial charge in [0.25, 0.3) is 0 Å². The Balaban J connectivity index is 2.35. The summed E-state index contributed by atoms with van der Waals surface area (Å²) in [5, 5.41) is 0.638. The van der Waals surface area contributed by atoms with Gasteiger partial charge in [0.2, 0.25) is 0 Å². The largest absolute Gasteiger partial charge is 0.289 e. The van der Waals surface area contributed by atoms with Crippen molar-refractivity contribution in [3.8, 4) is 0 Å². The maximum absolute atomic E-state index is 12.1. The number of rotatable bonds is 2. The van der Waals surface area contributed by atoms with Gasteiger partial charge in [-0.05, 0) is 59.0 Å². The molecular formula is C13H8ClIO. The van der Waals surface area contributed by atoms with Crippen LogP contribution in [0.15, 0.2) is 48.5 Å². The fourth-order valence-corrected chi connectivity index (χ4v) is 2.07. The summed E-state index contributed by atoms with van der Waals surface area (Å²) in [5.41, 5.74) is 1.36. The van der Waals surface area contributed by atoms with Gasteiger partial charge in [0, 0.05) is 19.7 Å². The smallest absolute Gasteiger partial charge is 0.193 e. The molecule has 2 rings (SSSR count). The van der Waals surface area contributed by atoms with E-state index in [2.05, 4.69) is 22.6 Å². The first-order valence-electron chi connectivity index (χ1n) is 4.72. The van der Waals surface area contributed by atoms with Crippen molar-refractivity contribution in [3.05, 3.63) is 68.3 Å². The second-order valence-electron chi connectivity index (χ2n) is 3.35. The Hall–Kier alpha value is -0.870. The van der Waals surface area contributed by atoms with E-state index in [1.807, 2.05) is 24.3 Å². The minimum Gasteiger partial charge on any atom is -0.289 e. The third-order valence-corrected chi connectivity index (χ3v) is 3.12. The molecule has 0 aliphatic carbocycles. The monoisotopic (exact) mass is 342 g/mol. The second-order valence-corrected chi connectivity index (χ2v) is 5.03. The Labute approximate surface area is 113 Å². The van der Waals surface area contributed by atoms with Gasteiger partial charge in [0.1, 0.15) is 0 Å². The van der Waals surface area contributed by atoms with Crippen molar-refractivity contribution in [3.63, 3.8) is 0 Å². The zero-order valence-electron chi connectivity index (χ0n) is 8.28. The molecule has 16 heavy (non-hydrogen) atoms. The van der Waals surface area contributed by atoms with Gasteiger partial charge < -0.3 is 0 Å². The van der Waals surface area contributed by atoms with Crippen molar-refractivity contribution in [2.24, 2.45) is 0 Å². The van der Waals surface area contributed by atoms with Crippen LogP contribution >= 0.6 is 34.2 Å². The third kappa shape index (κ3) is 2.62. The van der Waals surface area contributed by atoms with Crippen LogP contribution in [-0.4, -0.2) is 5.78 Å². The van der Waals surface area contributed by atoms with Crippen molar-refractivity contribution in [1.82, 2.24) is 0 Å². The minimum atomic E-state index is 0.0233. The van der Waals surface area contributed by atoms with Gasteiger partial charge in [-0.15, -0.1) is 0 Å². The standard InChI is InChI=1S/C13H8ClIO/c14-11-6-4-9(5-7-11)13(16)10-2-1-3-12(15)8-10/h1-8H. The average molecular weight is 343 g/mol. The number of ketones is 1. The van der Waals surface area contributed by atoms with Gasteiger partial charge >= 0.3 is 0 Å². The van der Waals surface area contributed by atoms with Gasteiger partial charge in [-0.25, -0.2) is 0 Å². The van der Waals surface area contributed by atoms with Crippen LogP contribution in [0.3, 0.4) is 0 Å². The predicted molar refractivity (Wildman–Crippen MR) is 74.0 cm³/mol. The molecule has 0 aliphatic heterocycles. The molecule has 0 radical (unpaired) electrons. The van der Waals surface area contributed by atoms with E-state index >= 15 is 0 Å². The summed E-state index contributed by atoms with van der Waals surface area (Å²) in [4.78, 5) is 12.1. The van der Waals surface area contributed by atoms with Crippen LogP contribution in [0, 0.1) is 3.57 Å². The van der Waals surface area contributed by atoms with Crippen LogP contribution in [0.4, 0.5) is 0 Å². The number of hydrogen-bond acceptors (Lipinski definition) is 1. The van der Waals surface area contributed by atoms with Gasteiger partial charge in [-0.2, -0.15) is 0 Å². The zero-order valence-corrected chi connectivity index (χ0v) is 11.2. The Kier molecular flexibility index (Phi) is 3.61. The zero-order chi connectivity index (χ0) is 11.5. The second kappa shape index (κ2) is 4.97. The molecule has 0 atom stereocenters. The van der Waals surface area contributed by atoms with Gasteiger partial charge in [-0.1, -0.05) is 23.7 Å². The van der Waals surface area contributed by atoms with E-state index in [1.165, 1.54) is 0 Å². The average Bonchev–Trinajstić information content (AvgIpc) is 2.29. The summed E-state index contributed by atoms with van der Waals surface area (Å²) >= 11 is 7.97. The van der Waals surface area contributed by atoms with E-state index in [4.69, 9.17) is 11.6 Å². The molecule has 0 aliphatic rings. The lowest BCUT2D eigenvalue weighted by molar-refractivity contribution is 0.103. The first-order valence-corrected chi connectivity index (χ1v) is 6.18. The summed E-state index contributed by atoms with van der Waals surface area (Å²) in [7, 11) is 0. The van der Waals surface area contributed by atoms with Crippen LogP contribution < -0.4 is 0 Å². The molecule has 0 aromatic heterocycles. The Morgan fingerprint density at radius 3 is 2.31 bits per heavy atom. The van der Waals surface area contributed by atoms with E-state index in [0.29, 0.717) is 16.1 Å². The summed E-state index contributed by atoms with van der Waals surface area (Å²) in [6.07, 6.45) is 0. The van der Waals surface area contributed by atoms with Crippen molar-refractivity contribution in [1.29, 1.82) is 0 Å². The van der Waals surface area contributed by atoms with Crippen LogP contribution in [-0.2, 0) is 0 Å². The molecule has 3 heteroatoms. The maximum atomic E-state index is 12.1. The minimum absolute atomic E-state index is 0.0233. The molecule has 1 nitrogen and oxygen atoms in total. The van der Waals surface area contributed by atoms with Crippen LogP contribution in [0.1, 0.15) is 15.9 Å². The molecule has 80 valence electrons. The number of hydrogen-bond donors (Lipinski definition) is 0. The first-order chi connectivity index (χ1) is 7.66. The highest BCUT2D eigenvalue weighted by atomic mass is 127. The van der Waals surface area contributed by atoms with E-state index in [9.17, 15) is 4.79 Å². The molecule has 2 aromatic carbocycles. The topological polar surface area (TPSA) is 17.1 Å². The van der Waals surface area contributed by atoms with Gasteiger partial charge in [0.05, 0.1) is 0 Å². The van der Waals surface area contributed by atoms with Crippen molar-refractivity contribution < 1.29 is 4.79 Å². The Bertz CT molecular complexity index is 520. The van der Waals surface area contributed by atoms with Crippen LogP contribution in [0.25, 0.3) is 0 Å². The highest BCUT2D eigenvalue weighted by Gasteiger charge is 2.08. The summed E-state index contributed by atoms with van der Waals surface area (Å²) in [5.74, 6) is 0.0233. The molecule has 0 heterocycles. The Morgan fingerprint density at radius 1 is 1.00 bits per heavy atom. The lowest BCUT2D eigenvalue weighted by atomic mass is 10.0. The predicted octanol–water partition coefficient (Wildman–Crippen LogP) is 4.18. The molecule has 0 unspecified atom stereocenters. The lowest BCUT2D eigenvalue weighted by Crippen LogP contribution is -2.00. The van der Waals surface area contributed by atoms with E-state index in [1.54, 1.807) is 24.3 Å². The molecule has 0 amide bonds. The number of benzene rings is 2. The van der Waals surface area contributed by atoms with Gasteiger partial charge in [-0.3, -0.25) is 4.79 Å². The number of carbonyl (C=O) groups is 1. The molecule has 2 aromatic rings. The highest BCUT2D eigenvalue weighted by Crippen LogP contribution is 2.15. The Morgan fingerprint density at radius 2 is 1.69 bits per heavy atom. The van der Waals surface area contributed by atoms with E-state index < -0.39 is 0 Å². The van der Waals surface area contributed by atoms with Crippen molar-refractivity contribution in [2.45, 2.75) is 0 Å². The molecule has 0 fully saturated rings. The highest BCUT2D eigenvalue weighted by molar-refractivity contribution is 14.1. The SMILES string of the molecule is O=C(c1ccc(Cl)cc1)c1cccc(I)c1. The molecular weight excluding hydrogens is 334 g/mol. The van der Waals surface area contributed by atoms with E-state index in [-0.39, 0.29) is 5.78 Å². The number of carbonyl (C=O) groups excluding carboxylic acids is 1. The quantitative estimate of drug-likeness (QED) is 0.591. The molecule has 0 saturated carbocycles. The third-order valence-electron chi connectivity index (χ3n) is 2.19. The van der Waals surface area contributed by atoms with Crippen LogP contribution in [0.5, 0.6) is 0 Å². The maximum Gasteiger partial charge on any atom is 0.193 e. The molecule has 0 N–H and O–H groups in total. The molecule has 0 spiro atoms. The van der Waals surface area contributed by atoms with E-state index in [0.717, 1.165) is 3.57 Å². The van der Waals surface area contributed by atoms with Crippen molar-refractivity contribution >= 4 is 40.0 Å². The van der Waals surface area contributed by atoms with Crippen molar-refractivity contribution in [2.75, 3.05) is 0 Å². The fourth-order valence-electron chi connectivity index (χ4n) is 1.40. The number of halogens is 2. The summed E-state index contributed by atoms with van der Waals surface area (Å²) < 4.78 is 1.05. The summed E-state index contributed by atoms with van der Waals surface area (Å²) in [6, 6.07) is 14.5. The fraction of sp³-hybridized carbons (Fsp3) is 0. The van der Waals surface area contributed by atoms with Gasteiger partial charge in [0.15, 0.2) is 5.78 Å². The normalized spacial score (nSPS) is 10.1. The molecule has 0 saturated heterocycles. The molecule has 0 bridgehead atoms. The lowest BCUT2D eigenvalue weighted by Gasteiger charge is -2.01.